The molecule has 3 aromatic rings. The number of amides is 1. The lowest BCUT2D eigenvalue weighted by atomic mass is 10.1. The molecule has 1 heterocycles. The van der Waals surface area contributed by atoms with Gasteiger partial charge in [-0.2, -0.15) is 0 Å². The highest BCUT2D eigenvalue weighted by molar-refractivity contribution is 7.89. The number of pyridine rings is 1. The standard InChI is InChI=1S/C24H26ClN3O4S/c1-24(2,3)28-33(30,31)22-14-18(10-11-21(22)25)23(29)27-15-17-7-6-9-20(13-17)32-16-19-8-4-5-12-26-19/h4-14,28H,15-16H2,1-3H3,(H,27,29). The Labute approximate surface area is 199 Å². The molecule has 0 radical (unpaired) electrons. The summed E-state index contributed by atoms with van der Waals surface area (Å²) in [6.07, 6.45) is 1.71. The Morgan fingerprint density at radius 3 is 2.55 bits per heavy atom. The third-order valence-electron chi connectivity index (χ3n) is 4.39. The molecule has 0 aliphatic heterocycles. The summed E-state index contributed by atoms with van der Waals surface area (Å²) < 4.78 is 33.7. The smallest absolute Gasteiger partial charge is 0.251 e. The molecule has 174 valence electrons. The molecule has 0 saturated carbocycles. The predicted molar refractivity (Wildman–Crippen MR) is 128 cm³/mol. The van der Waals surface area contributed by atoms with Crippen molar-refractivity contribution in [2.45, 2.75) is 44.4 Å². The van der Waals surface area contributed by atoms with Crippen molar-refractivity contribution in [2.75, 3.05) is 0 Å². The van der Waals surface area contributed by atoms with Gasteiger partial charge in [-0.1, -0.05) is 29.8 Å². The van der Waals surface area contributed by atoms with Gasteiger partial charge < -0.3 is 10.1 Å². The van der Waals surface area contributed by atoms with Gasteiger partial charge in [-0.3, -0.25) is 9.78 Å². The first kappa shape index (κ1) is 24.7. The van der Waals surface area contributed by atoms with Gasteiger partial charge >= 0.3 is 0 Å². The van der Waals surface area contributed by atoms with Crippen LogP contribution in [0.5, 0.6) is 5.75 Å². The van der Waals surface area contributed by atoms with Crippen LogP contribution in [0.2, 0.25) is 5.02 Å². The molecule has 0 aliphatic rings. The van der Waals surface area contributed by atoms with Crippen molar-refractivity contribution in [3.8, 4) is 5.75 Å². The maximum atomic E-state index is 12.7. The zero-order valence-electron chi connectivity index (χ0n) is 18.6. The molecule has 0 unspecified atom stereocenters. The number of ether oxygens (including phenoxy) is 1. The number of hydrogen-bond acceptors (Lipinski definition) is 5. The van der Waals surface area contributed by atoms with E-state index in [0.29, 0.717) is 12.4 Å². The van der Waals surface area contributed by atoms with Gasteiger partial charge in [0.2, 0.25) is 10.0 Å². The zero-order valence-corrected chi connectivity index (χ0v) is 20.2. The van der Waals surface area contributed by atoms with Gasteiger partial charge in [-0.05, 0) is 68.8 Å². The summed E-state index contributed by atoms with van der Waals surface area (Å²) in [6.45, 7) is 5.75. The summed E-state index contributed by atoms with van der Waals surface area (Å²) in [7, 11) is -3.89. The van der Waals surface area contributed by atoms with Crippen LogP contribution in [-0.2, 0) is 23.2 Å². The second-order valence-corrected chi connectivity index (χ2v) is 10.5. The van der Waals surface area contributed by atoms with Crippen LogP contribution in [-0.4, -0.2) is 24.8 Å². The Balaban J connectivity index is 1.66. The van der Waals surface area contributed by atoms with Crippen molar-refractivity contribution in [3.63, 3.8) is 0 Å². The molecule has 9 heteroatoms. The van der Waals surface area contributed by atoms with Crippen LogP contribution in [0.4, 0.5) is 0 Å². The third kappa shape index (κ3) is 7.28. The van der Waals surface area contributed by atoms with Crippen LogP contribution in [0.3, 0.4) is 0 Å². The first-order valence-corrected chi connectivity index (χ1v) is 12.1. The monoisotopic (exact) mass is 487 g/mol. The highest BCUT2D eigenvalue weighted by atomic mass is 35.5. The Morgan fingerprint density at radius 1 is 1.06 bits per heavy atom. The average Bonchev–Trinajstić information content (AvgIpc) is 2.75. The number of hydrogen-bond donors (Lipinski definition) is 2. The van der Waals surface area contributed by atoms with Crippen LogP contribution in [0.25, 0.3) is 0 Å². The molecule has 0 atom stereocenters. The van der Waals surface area contributed by atoms with Crippen molar-refractivity contribution < 1.29 is 17.9 Å². The Morgan fingerprint density at radius 2 is 1.85 bits per heavy atom. The normalized spacial score (nSPS) is 11.8. The van der Waals surface area contributed by atoms with E-state index in [4.69, 9.17) is 16.3 Å². The molecule has 7 nitrogen and oxygen atoms in total. The van der Waals surface area contributed by atoms with E-state index in [1.807, 2.05) is 42.5 Å². The van der Waals surface area contributed by atoms with Gasteiger partial charge in [0.1, 0.15) is 17.3 Å². The number of nitrogens with zero attached hydrogens (tertiary/aromatic N) is 1. The summed E-state index contributed by atoms with van der Waals surface area (Å²) in [5.74, 6) is 0.235. The molecule has 0 fully saturated rings. The van der Waals surface area contributed by atoms with Crippen molar-refractivity contribution in [3.05, 3.63) is 88.7 Å². The molecule has 33 heavy (non-hydrogen) atoms. The fourth-order valence-electron chi connectivity index (χ4n) is 2.98. The highest BCUT2D eigenvalue weighted by Gasteiger charge is 2.25. The number of rotatable bonds is 8. The Hall–Kier alpha value is -2.94. The number of carbonyl (C=O) groups is 1. The van der Waals surface area contributed by atoms with Crippen molar-refractivity contribution in [2.24, 2.45) is 0 Å². The van der Waals surface area contributed by atoms with Crippen LogP contribution in [0, 0.1) is 0 Å². The number of carbonyl (C=O) groups excluding carboxylic acids is 1. The summed E-state index contributed by atoms with van der Waals surface area (Å²) in [6, 6.07) is 17.1. The number of sulfonamides is 1. The van der Waals surface area contributed by atoms with E-state index in [-0.39, 0.29) is 22.0 Å². The molecular formula is C24H26ClN3O4S. The van der Waals surface area contributed by atoms with E-state index < -0.39 is 21.5 Å². The fraction of sp³-hybridized carbons (Fsp3) is 0.250. The van der Waals surface area contributed by atoms with Gasteiger partial charge in [-0.15, -0.1) is 0 Å². The van der Waals surface area contributed by atoms with E-state index in [2.05, 4.69) is 15.0 Å². The molecule has 1 amide bonds. The molecule has 0 aliphatic carbocycles. The molecule has 0 bridgehead atoms. The third-order valence-corrected chi connectivity index (χ3v) is 6.63. The van der Waals surface area contributed by atoms with E-state index in [1.165, 1.54) is 18.2 Å². The van der Waals surface area contributed by atoms with Crippen LogP contribution in [0.1, 0.15) is 42.4 Å². The minimum atomic E-state index is -3.89. The van der Waals surface area contributed by atoms with Gasteiger partial charge in [0, 0.05) is 23.8 Å². The van der Waals surface area contributed by atoms with Gasteiger partial charge in [0.25, 0.3) is 5.91 Å². The Bertz CT molecular complexity index is 1230. The minimum absolute atomic E-state index is 0.0426. The summed E-state index contributed by atoms with van der Waals surface area (Å²) >= 11 is 6.11. The SMILES string of the molecule is CC(C)(C)NS(=O)(=O)c1cc(C(=O)NCc2cccc(OCc3ccccn3)c2)ccc1Cl. The van der Waals surface area contributed by atoms with Gasteiger partial charge in [-0.25, -0.2) is 13.1 Å². The van der Waals surface area contributed by atoms with Gasteiger partial charge in [0.15, 0.2) is 0 Å². The molecule has 1 aromatic heterocycles. The minimum Gasteiger partial charge on any atom is -0.487 e. The summed E-state index contributed by atoms with van der Waals surface area (Å²) in [5, 5.41) is 2.84. The van der Waals surface area contributed by atoms with Gasteiger partial charge in [0.05, 0.1) is 10.7 Å². The lowest BCUT2D eigenvalue weighted by Gasteiger charge is -2.21. The first-order chi connectivity index (χ1) is 15.5. The quantitative estimate of drug-likeness (QED) is 0.493. The molecule has 0 spiro atoms. The second kappa shape index (κ2) is 10.3. The van der Waals surface area contributed by atoms with Crippen molar-refractivity contribution in [1.82, 2.24) is 15.0 Å². The first-order valence-electron chi connectivity index (χ1n) is 10.3. The Kier molecular flexibility index (Phi) is 7.73. The topological polar surface area (TPSA) is 97.4 Å². The van der Waals surface area contributed by atoms with E-state index in [0.717, 1.165) is 11.3 Å². The highest BCUT2D eigenvalue weighted by Crippen LogP contribution is 2.24. The predicted octanol–water partition coefficient (Wildman–Crippen LogP) is 4.32. The number of nitrogens with one attached hydrogen (secondary N) is 2. The average molecular weight is 488 g/mol. The molecule has 2 N–H and O–H groups in total. The van der Waals surface area contributed by atoms with E-state index in [1.54, 1.807) is 27.0 Å². The number of aromatic nitrogens is 1. The number of benzene rings is 2. The fourth-order valence-corrected chi connectivity index (χ4v) is 4.92. The van der Waals surface area contributed by atoms with Crippen molar-refractivity contribution >= 4 is 27.5 Å². The largest absolute Gasteiger partial charge is 0.487 e. The van der Waals surface area contributed by atoms with Crippen LogP contribution in [0.15, 0.2) is 71.8 Å². The molecular weight excluding hydrogens is 462 g/mol. The lowest BCUT2D eigenvalue weighted by molar-refractivity contribution is 0.0950. The summed E-state index contributed by atoms with van der Waals surface area (Å²) in [5.41, 5.74) is 1.14. The van der Waals surface area contributed by atoms with E-state index >= 15 is 0 Å². The molecule has 3 rings (SSSR count). The summed E-state index contributed by atoms with van der Waals surface area (Å²) in [4.78, 5) is 16.8. The second-order valence-electron chi connectivity index (χ2n) is 8.44. The molecule has 2 aromatic carbocycles. The van der Waals surface area contributed by atoms with Crippen molar-refractivity contribution in [1.29, 1.82) is 0 Å². The number of halogens is 1. The van der Waals surface area contributed by atoms with E-state index in [9.17, 15) is 13.2 Å². The zero-order chi connectivity index (χ0) is 24.1. The maximum absolute atomic E-state index is 12.7. The van der Waals surface area contributed by atoms with Crippen LogP contribution < -0.4 is 14.8 Å². The van der Waals surface area contributed by atoms with Crippen LogP contribution >= 0.6 is 11.6 Å². The lowest BCUT2D eigenvalue weighted by Crippen LogP contribution is -2.40. The maximum Gasteiger partial charge on any atom is 0.251 e. The molecule has 0 saturated heterocycles.